The van der Waals surface area contributed by atoms with Crippen LogP contribution in [0.1, 0.15) is 47.0 Å². The Hall–Kier alpha value is -0.790. The van der Waals surface area contributed by atoms with Crippen LogP contribution in [0.15, 0.2) is 11.1 Å². The van der Waals surface area contributed by atoms with Crippen molar-refractivity contribution in [3.05, 3.63) is 11.1 Å². The molecule has 0 heterocycles. The smallest absolute Gasteiger partial charge is 0.313 e. The predicted octanol–water partition coefficient (Wildman–Crippen LogP) is 3.32. The van der Waals surface area contributed by atoms with Gasteiger partial charge in [-0.2, -0.15) is 0 Å². The maximum Gasteiger partial charge on any atom is 0.313 e. The van der Waals surface area contributed by atoms with E-state index < -0.39 is 0 Å². The Labute approximate surface area is 92.7 Å². The van der Waals surface area contributed by atoms with E-state index in [1.807, 2.05) is 6.92 Å². The van der Waals surface area contributed by atoms with Crippen LogP contribution >= 0.6 is 0 Å². The molecule has 2 atom stereocenters. The summed E-state index contributed by atoms with van der Waals surface area (Å²) in [7, 11) is 0. The largest absolute Gasteiger partial charge is 0.466 e. The lowest BCUT2D eigenvalue weighted by Crippen LogP contribution is -2.21. The number of hydrogen-bond acceptors (Lipinski definition) is 2. The van der Waals surface area contributed by atoms with Gasteiger partial charge >= 0.3 is 5.97 Å². The van der Waals surface area contributed by atoms with Crippen LogP contribution in [0.25, 0.3) is 0 Å². The van der Waals surface area contributed by atoms with Gasteiger partial charge in [0.1, 0.15) is 0 Å². The van der Waals surface area contributed by atoms with E-state index in [0.29, 0.717) is 12.5 Å². The summed E-state index contributed by atoms with van der Waals surface area (Å²) in [5, 5.41) is 0. The molecule has 86 valence electrons. The van der Waals surface area contributed by atoms with Crippen LogP contribution in [0.2, 0.25) is 0 Å². The summed E-state index contributed by atoms with van der Waals surface area (Å²) in [5.74, 6) is 0.454. The molecule has 0 aliphatic heterocycles. The molecule has 1 aliphatic carbocycles. The summed E-state index contributed by atoms with van der Waals surface area (Å²) < 4.78 is 5.15. The molecule has 0 saturated heterocycles. The average molecular weight is 210 g/mol. The zero-order chi connectivity index (χ0) is 11.4. The summed E-state index contributed by atoms with van der Waals surface area (Å²) in [6.45, 7) is 8.79. The van der Waals surface area contributed by atoms with Crippen molar-refractivity contribution >= 4 is 5.97 Å². The van der Waals surface area contributed by atoms with Gasteiger partial charge in [0.05, 0.1) is 12.5 Å². The van der Waals surface area contributed by atoms with E-state index in [4.69, 9.17) is 4.74 Å². The highest BCUT2D eigenvalue weighted by Gasteiger charge is 2.35. The van der Waals surface area contributed by atoms with E-state index in [0.717, 1.165) is 19.3 Å². The minimum atomic E-state index is -0.0229. The number of ether oxygens (including phenoxy) is 1. The minimum absolute atomic E-state index is 0.0229. The number of esters is 1. The van der Waals surface area contributed by atoms with Gasteiger partial charge in [0.25, 0.3) is 0 Å². The van der Waals surface area contributed by atoms with Crippen molar-refractivity contribution in [1.82, 2.24) is 0 Å². The molecule has 1 rings (SSSR count). The molecule has 0 radical (unpaired) electrons. The summed E-state index contributed by atoms with van der Waals surface area (Å²) in [6.07, 6.45) is 3.23. The van der Waals surface area contributed by atoms with Gasteiger partial charge in [0.15, 0.2) is 0 Å². The first-order valence-electron chi connectivity index (χ1n) is 5.96. The number of carbonyl (C=O) groups excluding carboxylic acids is 1. The molecule has 0 spiro atoms. The lowest BCUT2D eigenvalue weighted by atomic mass is 9.91. The van der Waals surface area contributed by atoms with Crippen LogP contribution in [0.5, 0.6) is 0 Å². The molecule has 0 amide bonds. The second-order valence-electron chi connectivity index (χ2n) is 4.40. The summed E-state index contributed by atoms with van der Waals surface area (Å²) in [5.41, 5.74) is 2.71. The van der Waals surface area contributed by atoms with Gasteiger partial charge in [0.2, 0.25) is 0 Å². The number of hydrogen-bond donors (Lipinski definition) is 0. The lowest BCUT2D eigenvalue weighted by molar-refractivity contribution is -0.147. The van der Waals surface area contributed by atoms with Gasteiger partial charge in [-0.15, -0.1) is 0 Å². The maximum atomic E-state index is 11.8. The van der Waals surface area contributed by atoms with Crippen molar-refractivity contribution in [2.45, 2.75) is 47.0 Å². The van der Waals surface area contributed by atoms with E-state index in [9.17, 15) is 4.79 Å². The highest BCUT2D eigenvalue weighted by Crippen LogP contribution is 2.39. The molecule has 2 heteroatoms. The predicted molar refractivity (Wildman–Crippen MR) is 61.5 cm³/mol. The fourth-order valence-electron chi connectivity index (χ4n) is 2.36. The van der Waals surface area contributed by atoms with E-state index in [1.165, 1.54) is 11.1 Å². The highest BCUT2D eigenvalue weighted by atomic mass is 16.5. The Bertz CT molecular complexity index is 266. The van der Waals surface area contributed by atoms with Gasteiger partial charge in [-0.3, -0.25) is 4.79 Å². The summed E-state index contributed by atoms with van der Waals surface area (Å²) in [4.78, 5) is 11.8. The van der Waals surface area contributed by atoms with Crippen molar-refractivity contribution in [3.8, 4) is 0 Å². The van der Waals surface area contributed by atoms with Gasteiger partial charge in [-0.1, -0.05) is 25.0 Å². The van der Waals surface area contributed by atoms with E-state index in [1.54, 1.807) is 0 Å². The standard InChI is InChI=1S/C13H22O2/c1-5-9(3)11-8-7-10(4)12(11)13(14)15-6-2/h10,12H,5-8H2,1-4H3. The van der Waals surface area contributed by atoms with Gasteiger partial charge in [0, 0.05) is 0 Å². The van der Waals surface area contributed by atoms with Gasteiger partial charge < -0.3 is 4.74 Å². The van der Waals surface area contributed by atoms with Crippen molar-refractivity contribution in [2.75, 3.05) is 6.61 Å². The fourth-order valence-corrected chi connectivity index (χ4v) is 2.36. The first-order chi connectivity index (χ1) is 7.11. The molecule has 0 N–H and O–H groups in total. The van der Waals surface area contributed by atoms with Crippen LogP contribution in [-0.4, -0.2) is 12.6 Å². The Kier molecular flexibility index (Phi) is 4.37. The Morgan fingerprint density at radius 1 is 1.47 bits per heavy atom. The Balaban J connectivity index is 2.86. The van der Waals surface area contributed by atoms with Crippen molar-refractivity contribution in [3.63, 3.8) is 0 Å². The van der Waals surface area contributed by atoms with Crippen molar-refractivity contribution in [2.24, 2.45) is 11.8 Å². The third kappa shape index (κ3) is 2.61. The average Bonchev–Trinajstić information content (AvgIpc) is 2.59. The normalized spacial score (nSPS) is 29.1. The monoisotopic (exact) mass is 210 g/mol. The van der Waals surface area contributed by atoms with Crippen LogP contribution in [-0.2, 0) is 9.53 Å². The molecule has 1 fully saturated rings. The number of carbonyl (C=O) groups is 1. The second kappa shape index (κ2) is 5.34. The molecule has 15 heavy (non-hydrogen) atoms. The van der Waals surface area contributed by atoms with Crippen molar-refractivity contribution < 1.29 is 9.53 Å². The number of allylic oxidation sites excluding steroid dienone is 1. The molecule has 1 aliphatic rings. The molecular formula is C13H22O2. The minimum Gasteiger partial charge on any atom is -0.466 e. The molecule has 0 bridgehead atoms. The third-order valence-electron chi connectivity index (χ3n) is 3.43. The zero-order valence-electron chi connectivity index (χ0n) is 10.3. The number of rotatable bonds is 3. The van der Waals surface area contributed by atoms with Gasteiger partial charge in [-0.05, 0) is 39.0 Å². The molecule has 0 aromatic carbocycles. The van der Waals surface area contributed by atoms with Crippen LogP contribution in [0.3, 0.4) is 0 Å². The van der Waals surface area contributed by atoms with Crippen LogP contribution < -0.4 is 0 Å². The third-order valence-corrected chi connectivity index (χ3v) is 3.43. The second-order valence-corrected chi connectivity index (χ2v) is 4.40. The summed E-state index contributed by atoms with van der Waals surface area (Å²) in [6, 6.07) is 0. The van der Waals surface area contributed by atoms with E-state index >= 15 is 0 Å². The molecule has 1 saturated carbocycles. The molecule has 0 aromatic heterocycles. The maximum absolute atomic E-state index is 11.8. The first-order valence-corrected chi connectivity index (χ1v) is 5.96. The van der Waals surface area contributed by atoms with Crippen LogP contribution in [0.4, 0.5) is 0 Å². The van der Waals surface area contributed by atoms with Crippen LogP contribution in [0, 0.1) is 11.8 Å². The summed E-state index contributed by atoms with van der Waals surface area (Å²) >= 11 is 0. The Morgan fingerprint density at radius 3 is 2.67 bits per heavy atom. The van der Waals surface area contributed by atoms with Gasteiger partial charge in [-0.25, -0.2) is 0 Å². The molecule has 2 nitrogen and oxygen atoms in total. The first kappa shape index (κ1) is 12.3. The quantitative estimate of drug-likeness (QED) is 0.527. The molecular weight excluding hydrogens is 188 g/mol. The fraction of sp³-hybridized carbons (Fsp3) is 0.769. The van der Waals surface area contributed by atoms with E-state index in [-0.39, 0.29) is 11.9 Å². The van der Waals surface area contributed by atoms with Crippen molar-refractivity contribution in [1.29, 1.82) is 0 Å². The molecule has 2 unspecified atom stereocenters. The molecule has 0 aromatic rings. The topological polar surface area (TPSA) is 26.3 Å². The SMILES string of the molecule is CCOC(=O)C1C(=C(C)CC)CCC1C. The lowest BCUT2D eigenvalue weighted by Gasteiger charge is -2.17. The highest BCUT2D eigenvalue weighted by molar-refractivity contribution is 5.77. The van der Waals surface area contributed by atoms with E-state index in [2.05, 4.69) is 20.8 Å². The zero-order valence-corrected chi connectivity index (χ0v) is 10.3. The Morgan fingerprint density at radius 2 is 2.13 bits per heavy atom.